The standard InChI is InChI=1S/C39H24ClF6/c40-37-35(28-9-5-10-30(21-28)39(44,45)46)34(27-13-12-23-6-1-2-8-26(23)20-27)22-33(25-14-17-29(18-15-25)38(41,42)43)36(37)32-19-16-24-7-3-4-11-31(24)32/h1-15,17-18,20-21,32H,16,19H2. The summed E-state index contributed by atoms with van der Waals surface area (Å²) in [5.74, 6) is -0.243. The van der Waals surface area contributed by atoms with Crippen molar-refractivity contribution in [2.45, 2.75) is 31.1 Å². The second-order valence-electron chi connectivity index (χ2n) is 11.5. The van der Waals surface area contributed by atoms with E-state index in [1.54, 1.807) is 6.07 Å². The molecule has 0 nitrogen and oxygen atoms in total. The van der Waals surface area contributed by atoms with E-state index in [9.17, 15) is 26.3 Å². The van der Waals surface area contributed by atoms with Crippen LogP contribution >= 0.6 is 11.6 Å². The van der Waals surface area contributed by atoms with Crippen LogP contribution in [0, 0.1) is 6.07 Å². The minimum Gasteiger partial charge on any atom is -0.166 e. The summed E-state index contributed by atoms with van der Waals surface area (Å²) in [5, 5.41) is 2.13. The van der Waals surface area contributed by atoms with E-state index in [2.05, 4.69) is 6.07 Å². The van der Waals surface area contributed by atoms with Gasteiger partial charge in [-0.15, -0.1) is 0 Å². The summed E-state index contributed by atoms with van der Waals surface area (Å²) in [4.78, 5) is 0. The van der Waals surface area contributed by atoms with Crippen molar-refractivity contribution in [3.63, 3.8) is 0 Å². The Labute approximate surface area is 266 Å². The van der Waals surface area contributed by atoms with Crippen molar-refractivity contribution in [2.75, 3.05) is 0 Å². The first-order valence-corrected chi connectivity index (χ1v) is 15.1. The summed E-state index contributed by atoms with van der Waals surface area (Å²) in [7, 11) is 0. The Morgan fingerprint density at radius 1 is 0.587 bits per heavy atom. The second-order valence-corrected chi connectivity index (χ2v) is 11.9. The van der Waals surface area contributed by atoms with Gasteiger partial charge in [-0.25, -0.2) is 0 Å². The molecular weight excluding hydrogens is 618 g/mol. The molecule has 1 unspecified atom stereocenters. The lowest BCUT2D eigenvalue weighted by Crippen LogP contribution is -2.07. The number of benzene rings is 6. The molecule has 7 heteroatoms. The normalized spacial score (nSPS) is 14.9. The summed E-state index contributed by atoms with van der Waals surface area (Å²) in [5.41, 5.74) is 3.95. The number of hydrogen-bond donors (Lipinski definition) is 0. The lowest BCUT2D eigenvalue weighted by Gasteiger charge is -2.25. The molecule has 0 aliphatic heterocycles. The van der Waals surface area contributed by atoms with Gasteiger partial charge in [0, 0.05) is 11.5 Å². The van der Waals surface area contributed by atoms with Crippen LogP contribution in [0.2, 0.25) is 5.02 Å². The monoisotopic (exact) mass is 641 g/mol. The van der Waals surface area contributed by atoms with E-state index in [1.807, 2.05) is 66.7 Å². The maximum Gasteiger partial charge on any atom is 0.416 e. The minimum absolute atomic E-state index is 0.243. The zero-order chi connectivity index (χ0) is 32.2. The molecule has 6 aromatic rings. The van der Waals surface area contributed by atoms with Crippen LogP contribution in [0.5, 0.6) is 0 Å². The molecule has 6 aromatic carbocycles. The predicted molar refractivity (Wildman–Crippen MR) is 171 cm³/mol. The van der Waals surface area contributed by atoms with Crippen LogP contribution in [0.1, 0.15) is 40.2 Å². The lowest BCUT2D eigenvalue weighted by atomic mass is 9.81. The Morgan fingerprint density at radius 3 is 2.00 bits per heavy atom. The molecule has 0 saturated heterocycles. The molecule has 0 aromatic heterocycles. The van der Waals surface area contributed by atoms with Gasteiger partial charge in [0.2, 0.25) is 0 Å². The number of alkyl halides is 6. The molecule has 0 N–H and O–H groups in total. The summed E-state index contributed by atoms with van der Waals surface area (Å²) < 4.78 is 82.5. The van der Waals surface area contributed by atoms with Crippen molar-refractivity contribution in [2.24, 2.45) is 0 Å². The van der Waals surface area contributed by atoms with Crippen LogP contribution in [-0.4, -0.2) is 0 Å². The third-order valence-corrected chi connectivity index (χ3v) is 9.12. The average molecular weight is 642 g/mol. The molecule has 1 aliphatic rings. The Bertz CT molecular complexity index is 2090. The summed E-state index contributed by atoms with van der Waals surface area (Å²) in [6, 6.07) is 34.7. The number of aryl methyl sites for hydroxylation is 1. The van der Waals surface area contributed by atoms with E-state index < -0.39 is 23.5 Å². The lowest BCUT2D eigenvalue weighted by molar-refractivity contribution is -0.138. The highest BCUT2D eigenvalue weighted by Crippen LogP contribution is 2.51. The van der Waals surface area contributed by atoms with Crippen molar-refractivity contribution >= 4 is 22.4 Å². The first kappa shape index (κ1) is 30.1. The highest BCUT2D eigenvalue weighted by atomic mass is 35.5. The summed E-state index contributed by atoms with van der Waals surface area (Å²) in [6.07, 6.45) is -7.66. The summed E-state index contributed by atoms with van der Waals surface area (Å²) in [6.45, 7) is 0. The average Bonchev–Trinajstić information content (AvgIpc) is 3.47. The number of hydrogen-bond acceptors (Lipinski definition) is 0. The quantitative estimate of drug-likeness (QED) is 0.168. The van der Waals surface area contributed by atoms with Gasteiger partial charge < -0.3 is 0 Å². The summed E-state index contributed by atoms with van der Waals surface area (Å²) >= 11 is 7.41. The van der Waals surface area contributed by atoms with E-state index in [0.717, 1.165) is 52.6 Å². The number of rotatable bonds is 4. The van der Waals surface area contributed by atoms with Gasteiger partial charge in [-0.3, -0.25) is 0 Å². The van der Waals surface area contributed by atoms with Gasteiger partial charge in [0.05, 0.1) is 16.1 Å². The van der Waals surface area contributed by atoms with E-state index >= 15 is 0 Å². The molecule has 0 fully saturated rings. The van der Waals surface area contributed by atoms with Gasteiger partial charge in [0.1, 0.15) is 0 Å². The van der Waals surface area contributed by atoms with E-state index in [1.165, 1.54) is 18.2 Å². The smallest absolute Gasteiger partial charge is 0.166 e. The fourth-order valence-corrected chi connectivity index (χ4v) is 6.96. The highest BCUT2D eigenvalue weighted by molar-refractivity contribution is 6.35. The van der Waals surface area contributed by atoms with Crippen LogP contribution < -0.4 is 0 Å². The third-order valence-electron chi connectivity index (χ3n) is 8.72. The maximum absolute atomic E-state index is 14.0. The number of halogens is 7. The molecule has 1 aliphatic carbocycles. The fourth-order valence-electron chi connectivity index (χ4n) is 6.53. The van der Waals surface area contributed by atoms with Crippen LogP contribution in [-0.2, 0) is 18.8 Å². The molecule has 1 radical (unpaired) electrons. The predicted octanol–water partition coefficient (Wildman–Crippen LogP) is 12.4. The highest BCUT2D eigenvalue weighted by Gasteiger charge is 2.34. The van der Waals surface area contributed by atoms with Crippen molar-refractivity contribution in [1.29, 1.82) is 0 Å². The maximum atomic E-state index is 14.0. The van der Waals surface area contributed by atoms with Gasteiger partial charge >= 0.3 is 12.4 Å². The SMILES string of the molecule is FC(F)(F)c1ccc(-c2[c]c(-c3ccc4ccccc4c3)c(-c3cccc(C(F)(F)F)c3)c(Cl)c2C2CCc3ccccc32)cc1. The first-order chi connectivity index (χ1) is 22.0. The largest absolute Gasteiger partial charge is 0.416 e. The van der Waals surface area contributed by atoms with Crippen LogP contribution in [0.15, 0.2) is 115 Å². The van der Waals surface area contributed by atoms with Crippen molar-refractivity contribution in [1.82, 2.24) is 0 Å². The Hall–Kier alpha value is -4.55. The molecular formula is C39H24ClF6. The van der Waals surface area contributed by atoms with Crippen LogP contribution in [0.4, 0.5) is 26.3 Å². The van der Waals surface area contributed by atoms with E-state index in [-0.39, 0.29) is 16.5 Å². The van der Waals surface area contributed by atoms with Gasteiger partial charge in [0.15, 0.2) is 0 Å². The van der Waals surface area contributed by atoms with Gasteiger partial charge in [-0.2, -0.15) is 26.3 Å². The van der Waals surface area contributed by atoms with Gasteiger partial charge in [0.25, 0.3) is 0 Å². The minimum atomic E-state index is -4.58. The zero-order valence-electron chi connectivity index (χ0n) is 24.1. The first-order valence-electron chi connectivity index (χ1n) is 14.7. The third kappa shape index (κ3) is 5.45. The molecule has 0 heterocycles. The Morgan fingerprint density at radius 2 is 1.26 bits per heavy atom. The molecule has 7 rings (SSSR count). The van der Waals surface area contributed by atoms with Crippen molar-refractivity contribution in [3.05, 3.63) is 154 Å². The van der Waals surface area contributed by atoms with E-state index in [0.29, 0.717) is 39.8 Å². The Balaban J connectivity index is 1.56. The van der Waals surface area contributed by atoms with Gasteiger partial charge in [-0.1, -0.05) is 96.5 Å². The number of fused-ring (bicyclic) bond motifs is 2. The molecule has 0 bridgehead atoms. The van der Waals surface area contributed by atoms with E-state index in [4.69, 9.17) is 11.6 Å². The molecule has 46 heavy (non-hydrogen) atoms. The zero-order valence-corrected chi connectivity index (χ0v) is 24.9. The second kappa shape index (κ2) is 11.4. The van der Waals surface area contributed by atoms with Crippen molar-refractivity contribution in [3.8, 4) is 33.4 Å². The molecule has 1 atom stereocenters. The van der Waals surface area contributed by atoms with Crippen LogP contribution in [0.25, 0.3) is 44.2 Å². The molecule has 0 amide bonds. The topological polar surface area (TPSA) is 0 Å². The molecule has 0 spiro atoms. The fraction of sp³-hybridized carbons (Fsp3) is 0.128. The van der Waals surface area contributed by atoms with Crippen LogP contribution in [0.3, 0.4) is 0 Å². The molecule has 229 valence electrons. The molecule has 0 saturated carbocycles. The van der Waals surface area contributed by atoms with Gasteiger partial charge in [-0.05, 0) is 105 Å². The Kier molecular flexibility index (Phi) is 7.44. The van der Waals surface area contributed by atoms with Crippen molar-refractivity contribution < 1.29 is 26.3 Å².